The monoisotopic (exact) mass is 244 g/mol. The molecule has 0 saturated heterocycles. The molecule has 0 amide bonds. The second kappa shape index (κ2) is 6.74. The third-order valence-electron chi connectivity index (χ3n) is 2.78. The number of ether oxygens (including phenoxy) is 1. The molecule has 0 aromatic heterocycles. The van der Waals surface area contributed by atoms with Crippen LogP contribution in [0, 0.1) is 0 Å². The molecule has 0 spiro atoms. The van der Waals surface area contributed by atoms with E-state index in [0.717, 1.165) is 6.08 Å². The quantitative estimate of drug-likeness (QED) is 0.527. The van der Waals surface area contributed by atoms with E-state index in [4.69, 9.17) is 4.74 Å². The van der Waals surface area contributed by atoms with E-state index in [2.05, 4.69) is 0 Å². The summed E-state index contributed by atoms with van der Waals surface area (Å²) in [6.07, 6.45) is 1.37. The molecular weight excluding hydrogens is 224 g/mol. The van der Waals surface area contributed by atoms with Gasteiger partial charge in [-0.1, -0.05) is 0 Å². The van der Waals surface area contributed by atoms with Crippen LogP contribution in [0.15, 0.2) is 12.2 Å². The van der Waals surface area contributed by atoms with Gasteiger partial charge < -0.3 is 20.1 Å². The van der Waals surface area contributed by atoms with Crippen molar-refractivity contribution in [2.45, 2.75) is 57.0 Å². The molecule has 0 aromatic rings. The Morgan fingerprint density at radius 3 is 2.71 bits per heavy atom. The number of rotatable bonds is 0. The summed E-state index contributed by atoms with van der Waals surface area (Å²) < 4.78 is 5.00. The third-order valence-corrected chi connectivity index (χ3v) is 2.78. The van der Waals surface area contributed by atoms with Crippen LogP contribution < -0.4 is 0 Å². The lowest BCUT2D eigenvalue weighted by Crippen LogP contribution is -2.26. The molecule has 98 valence electrons. The highest BCUT2D eigenvalue weighted by atomic mass is 16.5. The minimum atomic E-state index is -1.07. The molecule has 0 bridgehead atoms. The molecule has 0 unspecified atom stereocenters. The number of carbonyl (C=O) groups excluding carboxylic acids is 1. The zero-order chi connectivity index (χ0) is 12.8. The Morgan fingerprint density at radius 1 is 1.29 bits per heavy atom. The van der Waals surface area contributed by atoms with Crippen LogP contribution in [0.4, 0.5) is 0 Å². The van der Waals surface area contributed by atoms with Crippen LogP contribution in [0.2, 0.25) is 0 Å². The second-order valence-electron chi connectivity index (χ2n) is 4.48. The van der Waals surface area contributed by atoms with Crippen LogP contribution >= 0.6 is 0 Å². The van der Waals surface area contributed by atoms with E-state index in [1.54, 1.807) is 6.92 Å². The SMILES string of the molecule is C[C@@H]1C[C@H](O)CCC[C@H](O)[C@@H](O)/C=C\C(=O)O1. The molecule has 0 aliphatic carbocycles. The van der Waals surface area contributed by atoms with Gasteiger partial charge in [0, 0.05) is 12.5 Å². The normalized spacial score (nSPS) is 38.7. The van der Waals surface area contributed by atoms with Crippen molar-refractivity contribution in [3.63, 3.8) is 0 Å². The summed E-state index contributed by atoms with van der Waals surface area (Å²) in [4.78, 5) is 11.3. The predicted octanol–water partition coefficient (Wildman–Crippen LogP) is 0.131. The molecule has 3 N–H and O–H groups in total. The first-order valence-corrected chi connectivity index (χ1v) is 5.92. The van der Waals surface area contributed by atoms with Gasteiger partial charge in [-0.25, -0.2) is 4.79 Å². The lowest BCUT2D eigenvalue weighted by atomic mass is 10.0. The van der Waals surface area contributed by atoms with Crippen molar-refractivity contribution >= 4 is 5.97 Å². The largest absolute Gasteiger partial charge is 0.459 e. The Labute approximate surface area is 101 Å². The van der Waals surface area contributed by atoms with Gasteiger partial charge in [-0.15, -0.1) is 0 Å². The molecule has 5 heteroatoms. The fraction of sp³-hybridized carbons (Fsp3) is 0.750. The van der Waals surface area contributed by atoms with E-state index in [0.29, 0.717) is 25.7 Å². The zero-order valence-corrected chi connectivity index (χ0v) is 9.95. The molecule has 0 saturated carbocycles. The van der Waals surface area contributed by atoms with Gasteiger partial charge in [0.05, 0.1) is 18.3 Å². The van der Waals surface area contributed by atoms with Crippen LogP contribution in [0.3, 0.4) is 0 Å². The Balaban J connectivity index is 2.65. The Morgan fingerprint density at radius 2 is 2.00 bits per heavy atom. The van der Waals surface area contributed by atoms with Crippen molar-refractivity contribution in [2.75, 3.05) is 0 Å². The minimum absolute atomic E-state index is 0.358. The third kappa shape index (κ3) is 5.30. The molecule has 1 rings (SSSR count). The van der Waals surface area contributed by atoms with Crippen LogP contribution in [0.1, 0.15) is 32.6 Å². The molecule has 1 aliphatic heterocycles. The summed E-state index contributed by atoms with van der Waals surface area (Å²) in [6.45, 7) is 1.71. The van der Waals surface area contributed by atoms with Crippen molar-refractivity contribution < 1.29 is 24.9 Å². The molecule has 0 aromatic carbocycles. The fourth-order valence-electron chi connectivity index (χ4n) is 1.83. The van der Waals surface area contributed by atoms with E-state index in [1.165, 1.54) is 6.08 Å². The number of hydrogen-bond acceptors (Lipinski definition) is 5. The topological polar surface area (TPSA) is 87.0 Å². The maximum atomic E-state index is 11.3. The number of cyclic esters (lactones) is 1. The fourth-order valence-corrected chi connectivity index (χ4v) is 1.83. The molecule has 5 nitrogen and oxygen atoms in total. The first-order chi connectivity index (χ1) is 7.99. The summed E-state index contributed by atoms with van der Waals surface area (Å²) in [5.41, 5.74) is 0. The molecular formula is C12H20O5. The van der Waals surface area contributed by atoms with Crippen LogP contribution in [-0.2, 0) is 9.53 Å². The van der Waals surface area contributed by atoms with E-state index < -0.39 is 24.3 Å². The first kappa shape index (κ1) is 14.2. The first-order valence-electron chi connectivity index (χ1n) is 5.92. The lowest BCUT2D eigenvalue weighted by Gasteiger charge is -2.19. The predicted molar refractivity (Wildman–Crippen MR) is 61.2 cm³/mol. The Hall–Kier alpha value is -0.910. The summed E-state index contributed by atoms with van der Waals surface area (Å²) >= 11 is 0. The lowest BCUT2D eigenvalue weighted by molar-refractivity contribution is -0.143. The summed E-state index contributed by atoms with van der Waals surface area (Å²) in [6, 6.07) is 0. The number of carbonyl (C=O) groups is 1. The van der Waals surface area contributed by atoms with Gasteiger partial charge in [-0.05, 0) is 32.3 Å². The van der Waals surface area contributed by atoms with Crippen LogP contribution in [-0.4, -0.2) is 45.7 Å². The molecule has 0 fully saturated rings. The number of aliphatic hydroxyl groups excluding tert-OH is 3. The average molecular weight is 244 g/mol. The molecule has 4 atom stereocenters. The number of aliphatic hydroxyl groups is 3. The van der Waals surface area contributed by atoms with Crippen LogP contribution in [0.25, 0.3) is 0 Å². The van der Waals surface area contributed by atoms with Gasteiger partial charge in [0.25, 0.3) is 0 Å². The van der Waals surface area contributed by atoms with E-state index >= 15 is 0 Å². The summed E-state index contributed by atoms with van der Waals surface area (Å²) in [7, 11) is 0. The number of hydrogen-bond donors (Lipinski definition) is 3. The van der Waals surface area contributed by atoms with Crippen molar-refractivity contribution in [2.24, 2.45) is 0 Å². The maximum absolute atomic E-state index is 11.3. The van der Waals surface area contributed by atoms with Crippen molar-refractivity contribution in [1.82, 2.24) is 0 Å². The van der Waals surface area contributed by atoms with Crippen molar-refractivity contribution in [3.05, 3.63) is 12.2 Å². The molecule has 1 aliphatic rings. The smallest absolute Gasteiger partial charge is 0.330 e. The second-order valence-corrected chi connectivity index (χ2v) is 4.48. The van der Waals surface area contributed by atoms with E-state index in [1.807, 2.05) is 0 Å². The summed E-state index contributed by atoms with van der Waals surface area (Å²) in [5, 5.41) is 28.7. The number of esters is 1. The average Bonchev–Trinajstić information content (AvgIpc) is 2.24. The summed E-state index contributed by atoms with van der Waals surface area (Å²) in [5.74, 6) is -0.573. The highest BCUT2D eigenvalue weighted by Gasteiger charge is 2.18. The molecule has 17 heavy (non-hydrogen) atoms. The van der Waals surface area contributed by atoms with Gasteiger partial charge in [0.1, 0.15) is 6.10 Å². The molecule has 1 heterocycles. The zero-order valence-electron chi connectivity index (χ0n) is 9.95. The van der Waals surface area contributed by atoms with Gasteiger partial charge in [-0.2, -0.15) is 0 Å². The Kier molecular flexibility index (Phi) is 5.61. The minimum Gasteiger partial charge on any atom is -0.459 e. The van der Waals surface area contributed by atoms with E-state index in [-0.39, 0.29) is 6.10 Å². The van der Waals surface area contributed by atoms with E-state index in [9.17, 15) is 20.1 Å². The molecule has 0 radical (unpaired) electrons. The van der Waals surface area contributed by atoms with Gasteiger partial charge in [0.15, 0.2) is 0 Å². The van der Waals surface area contributed by atoms with Gasteiger partial charge >= 0.3 is 5.97 Å². The van der Waals surface area contributed by atoms with Crippen molar-refractivity contribution in [3.8, 4) is 0 Å². The van der Waals surface area contributed by atoms with Gasteiger partial charge in [0.2, 0.25) is 0 Å². The van der Waals surface area contributed by atoms with Crippen LogP contribution in [0.5, 0.6) is 0 Å². The maximum Gasteiger partial charge on any atom is 0.330 e. The highest BCUT2D eigenvalue weighted by molar-refractivity contribution is 5.82. The van der Waals surface area contributed by atoms with Crippen molar-refractivity contribution in [1.29, 1.82) is 0 Å². The van der Waals surface area contributed by atoms with Gasteiger partial charge in [-0.3, -0.25) is 0 Å². The highest BCUT2D eigenvalue weighted by Crippen LogP contribution is 2.14. The Bertz CT molecular complexity index is 276. The standard InChI is InChI=1S/C12H20O5/c1-8-7-9(13)3-2-4-10(14)11(15)5-6-12(16)17-8/h5-6,8-11,13-15H,2-4,7H2,1H3/b6-5-/t8-,9-,10+,11+/m1/s1.